The summed E-state index contributed by atoms with van der Waals surface area (Å²) in [5, 5.41) is 18.1. The maximum Gasteiger partial charge on any atom is 0.259 e. The first-order valence-corrected chi connectivity index (χ1v) is 7.94. The monoisotopic (exact) mass is 373 g/mol. The Bertz CT molecular complexity index is 558. The molecule has 0 saturated heterocycles. The summed E-state index contributed by atoms with van der Waals surface area (Å²) in [7, 11) is 3.49. The van der Waals surface area contributed by atoms with E-state index >= 15 is 0 Å². The Morgan fingerprint density at radius 3 is 2.04 bits per heavy atom. The molecule has 0 fully saturated rings. The zero-order valence-electron chi connectivity index (χ0n) is 14.1. The number of benzene rings is 1. The van der Waals surface area contributed by atoms with Crippen molar-refractivity contribution >= 4 is 34.8 Å². The molecule has 0 radical (unpaired) electrons. The molecule has 134 valence electrons. The zero-order valence-corrected chi connectivity index (χ0v) is 15.8. The van der Waals surface area contributed by atoms with Crippen LogP contribution < -0.4 is 5.73 Å². The molecule has 0 aliphatic carbocycles. The largest absolute Gasteiger partial charge is 0.487 e. The van der Waals surface area contributed by atoms with Crippen LogP contribution in [0.5, 0.6) is 0 Å². The molecule has 1 unspecified atom stereocenters. The third kappa shape index (κ3) is 9.21. The molecule has 1 rings (SSSR count). The summed E-state index contributed by atoms with van der Waals surface area (Å²) < 4.78 is 5.52. The minimum absolute atomic E-state index is 0.241. The summed E-state index contributed by atoms with van der Waals surface area (Å²) in [6.07, 6.45) is -0.666. The third-order valence-electron chi connectivity index (χ3n) is 2.90. The standard InChI is InChI=1S/C14H20N2O3S.CH3NOS/c1-10(2)11-5-7-12(8-6-11)13(9-16(17)18)19-14(20)15(3)4;2-1(3)4/h5-8,10,13H,9H2,1-4H3;(H3,2,3,4). The molecule has 0 aromatic heterocycles. The molecule has 9 heteroatoms. The van der Waals surface area contributed by atoms with Crippen molar-refractivity contribution in [3.63, 3.8) is 0 Å². The Kier molecular flexibility index (Phi) is 9.82. The van der Waals surface area contributed by atoms with Crippen molar-refractivity contribution in [2.75, 3.05) is 20.6 Å². The van der Waals surface area contributed by atoms with Crippen molar-refractivity contribution in [1.82, 2.24) is 4.90 Å². The predicted molar refractivity (Wildman–Crippen MR) is 102 cm³/mol. The van der Waals surface area contributed by atoms with Gasteiger partial charge in [-0.2, -0.15) is 0 Å². The summed E-state index contributed by atoms with van der Waals surface area (Å²) in [6, 6.07) is 7.66. The number of aliphatic hydroxyl groups is 1. The molecule has 0 saturated carbocycles. The lowest BCUT2D eigenvalue weighted by atomic mass is 10.00. The number of nitrogens with zero attached hydrogens (tertiary/aromatic N) is 2. The number of aliphatic hydroxyl groups excluding tert-OH is 1. The molecule has 1 aromatic carbocycles. The summed E-state index contributed by atoms with van der Waals surface area (Å²) >= 11 is 8.93. The molecule has 7 nitrogen and oxygen atoms in total. The molecule has 0 spiro atoms. The van der Waals surface area contributed by atoms with E-state index in [1.54, 1.807) is 19.0 Å². The van der Waals surface area contributed by atoms with Crippen LogP contribution in [0.25, 0.3) is 0 Å². The van der Waals surface area contributed by atoms with E-state index in [1.807, 2.05) is 24.3 Å². The van der Waals surface area contributed by atoms with Gasteiger partial charge in [0.15, 0.2) is 6.10 Å². The average molecular weight is 374 g/mol. The van der Waals surface area contributed by atoms with E-state index < -0.39 is 11.3 Å². The van der Waals surface area contributed by atoms with Crippen LogP contribution in [-0.4, -0.2) is 45.9 Å². The lowest BCUT2D eigenvalue weighted by Gasteiger charge is -2.20. The van der Waals surface area contributed by atoms with Gasteiger partial charge in [0.25, 0.3) is 10.3 Å². The number of nitro groups is 1. The Hall–Kier alpha value is -2.00. The van der Waals surface area contributed by atoms with Crippen LogP contribution in [0.15, 0.2) is 24.3 Å². The van der Waals surface area contributed by atoms with Crippen molar-refractivity contribution in [3.8, 4) is 0 Å². The van der Waals surface area contributed by atoms with Gasteiger partial charge in [0.05, 0.1) is 0 Å². The molecular formula is C15H23N3O4S2. The van der Waals surface area contributed by atoms with Crippen molar-refractivity contribution in [1.29, 1.82) is 0 Å². The summed E-state index contributed by atoms with van der Waals surface area (Å²) in [5.41, 5.74) is 6.34. The highest BCUT2D eigenvalue weighted by molar-refractivity contribution is 7.80. The lowest BCUT2D eigenvalue weighted by molar-refractivity contribution is -0.490. The molecule has 0 aliphatic heterocycles. The maximum atomic E-state index is 10.8. The first-order chi connectivity index (χ1) is 11.0. The molecule has 0 heterocycles. The molecule has 24 heavy (non-hydrogen) atoms. The van der Waals surface area contributed by atoms with Gasteiger partial charge in [-0.1, -0.05) is 38.1 Å². The topological polar surface area (TPSA) is 102 Å². The predicted octanol–water partition coefficient (Wildman–Crippen LogP) is 2.78. The highest BCUT2D eigenvalue weighted by Crippen LogP contribution is 2.22. The second-order valence-electron chi connectivity index (χ2n) is 5.44. The van der Waals surface area contributed by atoms with E-state index in [9.17, 15) is 10.1 Å². The van der Waals surface area contributed by atoms with E-state index in [2.05, 4.69) is 31.8 Å². The van der Waals surface area contributed by atoms with Crippen molar-refractivity contribution in [2.45, 2.75) is 25.9 Å². The maximum absolute atomic E-state index is 10.8. The fourth-order valence-electron chi connectivity index (χ4n) is 1.67. The Morgan fingerprint density at radius 2 is 1.71 bits per heavy atom. The Balaban J connectivity index is 0.00000118. The second kappa shape index (κ2) is 10.7. The van der Waals surface area contributed by atoms with Crippen molar-refractivity contribution < 1.29 is 14.8 Å². The van der Waals surface area contributed by atoms with Gasteiger partial charge in [-0.25, -0.2) is 0 Å². The molecule has 3 N–H and O–H groups in total. The highest BCUT2D eigenvalue weighted by Gasteiger charge is 2.21. The molecular weight excluding hydrogens is 350 g/mol. The average Bonchev–Trinajstić information content (AvgIpc) is 2.45. The van der Waals surface area contributed by atoms with Gasteiger partial charge in [-0.3, -0.25) is 10.1 Å². The second-order valence-corrected chi connectivity index (χ2v) is 6.21. The number of ether oxygens (including phenoxy) is 1. The van der Waals surface area contributed by atoms with Gasteiger partial charge in [0.1, 0.15) is 0 Å². The number of hydrogen-bond donors (Lipinski definition) is 2. The molecule has 1 aromatic rings. The summed E-state index contributed by atoms with van der Waals surface area (Å²) in [4.78, 5) is 12.0. The van der Waals surface area contributed by atoms with Crippen LogP contribution in [0.1, 0.15) is 37.0 Å². The van der Waals surface area contributed by atoms with Gasteiger partial charge in [-0.15, -0.1) is 0 Å². The number of thiocarbonyl (C=S) groups is 2. The zero-order chi connectivity index (χ0) is 18.9. The molecule has 1 atom stereocenters. The van der Waals surface area contributed by atoms with Gasteiger partial charge >= 0.3 is 0 Å². The van der Waals surface area contributed by atoms with E-state index in [-0.39, 0.29) is 16.6 Å². The first-order valence-electron chi connectivity index (χ1n) is 7.12. The van der Waals surface area contributed by atoms with Gasteiger partial charge < -0.3 is 20.5 Å². The van der Waals surface area contributed by atoms with Gasteiger partial charge in [-0.05, 0) is 41.5 Å². The number of rotatable bonds is 5. The number of nitrogens with two attached hydrogens (primary N) is 1. The minimum atomic E-state index is -0.666. The van der Waals surface area contributed by atoms with Gasteiger partial charge in [0.2, 0.25) is 6.54 Å². The smallest absolute Gasteiger partial charge is 0.259 e. The van der Waals surface area contributed by atoms with Crippen molar-refractivity contribution in [2.24, 2.45) is 5.73 Å². The van der Waals surface area contributed by atoms with Crippen LogP contribution >= 0.6 is 24.4 Å². The van der Waals surface area contributed by atoms with E-state index in [0.717, 1.165) is 5.56 Å². The fourth-order valence-corrected chi connectivity index (χ4v) is 1.78. The van der Waals surface area contributed by atoms with E-state index in [1.165, 1.54) is 5.56 Å². The van der Waals surface area contributed by atoms with Crippen molar-refractivity contribution in [3.05, 3.63) is 45.5 Å². The normalized spacial score (nSPS) is 11.0. The molecule has 0 aliphatic rings. The number of hydrogen-bond acceptors (Lipinski definition) is 5. The molecule has 0 bridgehead atoms. The van der Waals surface area contributed by atoms with E-state index in [4.69, 9.17) is 22.1 Å². The Labute approximate surface area is 152 Å². The minimum Gasteiger partial charge on any atom is -0.487 e. The SMILES string of the molecule is CC(C)c1ccc(C(C[N+](=O)[O-])OC(=S)N(C)C)cc1.NC(O)=S. The quantitative estimate of drug-likeness (QED) is 0.461. The molecule has 0 amide bonds. The van der Waals surface area contributed by atoms with Crippen LogP contribution in [0, 0.1) is 10.1 Å². The van der Waals surface area contributed by atoms with Crippen LogP contribution in [-0.2, 0) is 4.74 Å². The van der Waals surface area contributed by atoms with Crippen LogP contribution in [0.3, 0.4) is 0 Å². The summed E-state index contributed by atoms with van der Waals surface area (Å²) in [6.45, 7) is 3.89. The first kappa shape index (κ1) is 22.0. The highest BCUT2D eigenvalue weighted by atomic mass is 32.1. The Morgan fingerprint density at radius 1 is 1.29 bits per heavy atom. The fraction of sp³-hybridized carbons (Fsp3) is 0.467. The lowest BCUT2D eigenvalue weighted by Crippen LogP contribution is -2.27. The van der Waals surface area contributed by atoms with Crippen LogP contribution in [0.4, 0.5) is 0 Å². The third-order valence-corrected chi connectivity index (χ3v) is 3.36. The van der Waals surface area contributed by atoms with E-state index in [0.29, 0.717) is 5.92 Å². The van der Waals surface area contributed by atoms with Crippen LogP contribution in [0.2, 0.25) is 0 Å². The van der Waals surface area contributed by atoms with Gasteiger partial charge in [0, 0.05) is 19.0 Å². The summed E-state index contributed by atoms with van der Waals surface area (Å²) in [5.74, 6) is 0.418.